The lowest BCUT2D eigenvalue weighted by Gasteiger charge is -2.34. The third-order valence-electron chi connectivity index (χ3n) is 4.22. The Morgan fingerprint density at radius 3 is 2.19 bits per heavy atom. The lowest BCUT2D eigenvalue weighted by atomic mass is 9.96. The van der Waals surface area contributed by atoms with E-state index in [2.05, 4.69) is 11.7 Å². The van der Waals surface area contributed by atoms with Gasteiger partial charge in [-0.25, -0.2) is 4.79 Å². The first-order chi connectivity index (χ1) is 12.5. The van der Waals surface area contributed by atoms with Gasteiger partial charge >= 0.3 is 6.16 Å². The van der Waals surface area contributed by atoms with E-state index in [-0.39, 0.29) is 11.5 Å². The number of ether oxygens (including phenoxy) is 3. The predicted molar refractivity (Wildman–Crippen MR) is 99.7 cm³/mol. The summed E-state index contributed by atoms with van der Waals surface area (Å²) in [6.07, 6.45) is 5.82. The van der Waals surface area contributed by atoms with Crippen molar-refractivity contribution in [2.75, 3.05) is 13.2 Å². The molecule has 0 radical (unpaired) electrons. The molecule has 2 N–H and O–H groups in total. The zero-order valence-corrected chi connectivity index (χ0v) is 16.1. The molecule has 0 aromatic heterocycles. The standard InChI is InChI=1S/C20H32O6/c1-4-7-8-9-10-11-15-20(24-5-2,25-6-3)16-13-12-14-17(18(16)21)26-19(22)23/h12-14,21H,4-11,15H2,1-3H3,(H,22,23). The van der Waals surface area contributed by atoms with Crippen LogP contribution in [0.25, 0.3) is 0 Å². The van der Waals surface area contributed by atoms with Gasteiger partial charge in [0.25, 0.3) is 0 Å². The molecule has 0 aliphatic carbocycles. The monoisotopic (exact) mass is 368 g/mol. The van der Waals surface area contributed by atoms with E-state index in [0.29, 0.717) is 25.2 Å². The van der Waals surface area contributed by atoms with Gasteiger partial charge < -0.3 is 24.4 Å². The van der Waals surface area contributed by atoms with Crippen molar-refractivity contribution >= 4 is 6.16 Å². The number of aromatic hydroxyl groups is 1. The highest BCUT2D eigenvalue weighted by Crippen LogP contribution is 2.42. The molecule has 0 bridgehead atoms. The Balaban J connectivity index is 3.02. The Hall–Kier alpha value is -1.79. The number of hydrogen-bond acceptors (Lipinski definition) is 5. The number of carbonyl (C=O) groups is 1. The zero-order chi connectivity index (χ0) is 19.4. The molecule has 6 nitrogen and oxygen atoms in total. The Morgan fingerprint density at radius 1 is 1.00 bits per heavy atom. The Labute approximate surface area is 156 Å². The second-order valence-electron chi connectivity index (χ2n) is 6.16. The lowest BCUT2D eigenvalue weighted by molar-refractivity contribution is -0.248. The van der Waals surface area contributed by atoms with E-state index in [9.17, 15) is 9.90 Å². The van der Waals surface area contributed by atoms with E-state index in [1.165, 1.54) is 25.3 Å². The molecule has 26 heavy (non-hydrogen) atoms. The molecule has 1 rings (SSSR count). The van der Waals surface area contributed by atoms with Gasteiger partial charge in [0.15, 0.2) is 17.3 Å². The highest BCUT2D eigenvalue weighted by Gasteiger charge is 2.37. The molecule has 6 heteroatoms. The number of para-hydroxylation sites is 1. The summed E-state index contributed by atoms with van der Waals surface area (Å²) in [7, 11) is 0. The van der Waals surface area contributed by atoms with Crippen molar-refractivity contribution in [3.8, 4) is 11.5 Å². The molecule has 1 aromatic rings. The van der Waals surface area contributed by atoms with Crippen molar-refractivity contribution in [2.24, 2.45) is 0 Å². The molecular weight excluding hydrogens is 336 g/mol. The SMILES string of the molecule is CCCCCCCCC(OCC)(OCC)c1cccc(OC(=O)O)c1O. The highest BCUT2D eigenvalue weighted by atomic mass is 16.7. The predicted octanol–water partition coefficient (Wildman–Crippen LogP) is 5.43. The summed E-state index contributed by atoms with van der Waals surface area (Å²) in [5.74, 6) is -1.50. The minimum atomic E-state index is -1.48. The largest absolute Gasteiger partial charge is 0.511 e. The maximum atomic E-state index is 10.8. The Morgan fingerprint density at radius 2 is 1.62 bits per heavy atom. The van der Waals surface area contributed by atoms with E-state index < -0.39 is 11.9 Å². The van der Waals surface area contributed by atoms with Crippen LogP contribution in [-0.2, 0) is 15.3 Å². The smallest absolute Gasteiger partial charge is 0.504 e. The van der Waals surface area contributed by atoms with Crippen LogP contribution in [0.5, 0.6) is 11.5 Å². The van der Waals surface area contributed by atoms with Gasteiger partial charge in [-0.15, -0.1) is 0 Å². The lowest BCUT2D eigenvalue weighted by Crippen LogP contribution is -2.33. The first-order valence-corrected chi connectivity index (χ1v) is 9.51. The first kappa shape index (κ1) is 22.3. The third kappa shape index (κ3) is 6.50. The molecule has 1 aromatic carbocycles. The minimum Gasteiger partial charge on any atom is -0.504 e. The molecule has 148 valence electrons. The molecule has 0 atom stereocenters. The molecular formula is C20H32O6. The van der Waals surface area contributed by atoms with Crippen LogP contribution in [0.2, 0.25) is 0 Å². The fourth-order valence-corrected chi connectivity index (χ4v) is 3.09. The number of phenolic OH excluding ortho intramolecular Hbond substituents is 1. The van der Waals surface area contributed by atoms with Crippen LogP contribution in [0.1, 0.15) is 71.3 Å². The molecule has 0 amide bonds. The molecule has 0 aliphatic rings. The van der Waals surface area contributed by atoms with E-state index >= 15 is 0 Å². The zero-order valence-electron chi connectivity index (χ0n) is 16.1. The van der Waals surface area contributed by atoms with E-state index in [4.69, 9.17) is 14.6 Å². The average molecular weight is 368 g/mol. The van der Waals surface area contributed by atoms with Gasteiger partial charge in [0.2, 0.25) is 0 Å². The average Bonchev–Trinajstić information content (AvgIpc) is 2.59. The molecule has 0 unspecified atom stereocenters. The van der Waals surface area contributed by atoms with Crippen LogP contribution in [0.4, 0.5) is 4.79 Å². The minimum absolute atomic E-state index is 0.123. The normalized spacial score (nSPS) is 11.5. The van der Waals surface area contributed by atoms with Crippen LogP contribution in [0, 0.1) is 0 Å². The number of rotatable bonds is 13. The van der Waals surface area contributed by atoms with Gasteiger partial charge in [-0.1, -0.05) is 45.1 Å². The summed E-state index contributed by atoms with van der Waals surface area (Å²) >= 11 is 0. The van der Waals surface area contributed by atoms with Crippen LogP contribution in [0.15, 0.2) is 18.2 Å². The molecule has 0 heterocycles. The third-order valence-corrected chi connectivity index (χ3v) is 4.22. The number of benzene rings is 1. The van der Waals surface area contributed by atoms with E-state index in [1.54, 1.807) is 12.1 Å². The van der Waals surface area contributed by atoms with Crippen LogP contribution in [-0.4, -0.2) is 29.6 Å². The van der Waals surface area contributed by atoms with Gasteiger partial charge in [0.1, 0.15) is 0 Å². The number of phenols is 1. The number of unbranched alkanes of at least 4 members (excludes halogenated alkanes) is 5. The first-order valence-electron chi connectivity index (χ1n) is 9.51. The second-order valence-corrected chi connectivity index (χ2v) is 6.16. The van der Waals surface area contributed by atoms with Gasteiger partial charge in [-0.05, 0) is 32.4 Å². The van der Waals surface area contributed by atoms with Gasteiger partial charge in [0, 0.05) is 19.6 Å². The van der Waals surface area contributed by atoms with Crippen molar-refractivity contribution in [2.45, 2.75) is 71.5 Å². The fourth-order valence-electron chi connectivity index (χ4n) is 3.09. The molecule has 0 fully saturated rings. The van der Waals surface area contributed by atoms with E-state index in [0.717, 1.165) is 19.3 Å². The molecule has 0 aliphatic heterocycles. The summed E-state index contributed by atoms with van der Waals surface area (Å²) in [5.41, 5.74) is 0.397. The number of hydrogen-bond donors (Lipinski definition) is 2. The summed E-state index contributed by atoms with van der Waals surface area (Å²) in [6.45, 7) is 6.72. The van der Waals surface area contributed by atoms with Gasteiger partial charge in [-0.2, -0.15) is 0 Å². The Kier molecular flexibility index (Phi) is 10.1. The van der Waals surface area contributed by atoms with Crippen molar-refractivity contribution in [3.63, 3.8) is 0 Å². The second kappa shape index (κ2) is 11.8. The van der Waals surface area contributed by atoms with Crippen molar-refractivity contribution in [1.29, 1.82) is 0 Å². The summed E-state index contributed by atoms with van der Waals surface area (Å²) in [4.78, 5) is 10.8. The van der Waals surface area contributed by atoms with Crippen LogP contribution >= 0.6 is 0 Å². The van der Waals surface area contributed by atoms with Gasteiger partial charge in [0.05, 0.1) is 5.56 Å². The summed E-state index contributed by atoms with van der Waals surface area (Å²) < 4.78 is 16.5. The van der Waals surface area contributed by atoms with Crippen LogP contribution in [0.3, 0.4) is 0 Å². The molecule has 0 spiro atoms. The maximum Gasteiger partial charge on any atom is 0.511 e. The quantitative estimate of drug-likeness (QED) is 0.209. The topological polar surface area (TPSA) is 85.2 Å². The van der Waals surface area contributed by atoms with Crippen LogP contribution < -0.4 is 4.74 Å². The van der Waals surface area contributed by atoms with Gasteiger partial charge in [-0.3, -0.25) is 0 Å². The summed E-state index contributed by atoms with van der Waals surface area (Å²) in [6, 6.07) is 4.72. The van der Waals surface area contributed by atoms with Crippen molar-refractivity contribution in [3.05, 3.63) is 23.8 Å². The molecule has 0 saturated carbocycles. The Bertz CT molecular complexity index is 537. The highest BCUT2D eigenvalue weighted by molar-refractivity contribution is 5.63. The summed E-state index contributed by atoms with van der Waals surface area (Å²) in [5, 5.41) is 19.4. The van der Waals surface area contributed by atoms with Crippen molar-refractivity contribution in [1.82, 2.24) is 0 Å². The molecule has 0 saturated heterocycles. The van der Waals surface area contributed by atoms with E-state index in [1.807, 2.05) is 13.8 Å². The van der Waals surface area contributed by atoms with Crippen molar-refractivity contribution < 1.29 is 29.2 Å². The number of carboxylic acid groups (broad SMARTS) is 1. The maximum absolute atomic E-state index is 10.8. The fraction of sp³-hybridized carbons (Fsp3) is 0.650.